The number of nitrogens with zero attached hydrogens (tertiary/aromatic N) is 1. The zero-order valence-electron chi connectivity index (χ0n) is 15.5. The second-order valence-corrected chi connectivity index (χ2v) is 7.06. The van der Waals surface area contributed by atoms with Gasteiger partial charge in [0.25, 0.3) is 0 Å². The molecule has 1 saturated heterocycles. The van der Waals surface area contributed by atoms with Gasteiger partial charge in [0.15, 0.2) is 0 Å². The van der Waals surface area contributed by atoms with Crippen LogP contribution >= 0.6 is 0 Å². The largest absolute Gasteiger partial charge is 0.481 e. The van der Waals surface area contributed by atoms with Crippen LogP contribution in [-0.2, 0) is 19.1 Å². The Morgan fingerprint density at radius 2 is 2.00 bits per heavy atom. The van der Waals surface area contributed by atoms with E-state index in [4.69, 9.17) is 9.84 Å². The summed E-state index contributed by atoms with van der Waals surface area (Å²) in [6.45, 7) is 3.99. The molecule has 2 aliphatic rings. The van der Waals surface area contributed by atoms with Gasteiger partial charge in [-0.3, -0.25) is 14.4 Å². The normalized spacial score (nSPS) is 24.6. The van der Waals surface area contributed by atoms with Crippen molar-refractivity contribution in [2.45, 2.75) is 26.7 Å². The van der Waals surface area contributed by atoms with Crippen molar-refractivity contribution >= 4 is 23.4 Å². The van der Waals surface area contributed by atoms with Crippen LogP contribution in [0, 0.1) is 11.3 Å². The quantitative estimate of drug-likeness (QED) is 0.807. The zero-order valence-corrected chi connectivity index (χ0v) is 15.5. The molecule has 1 amide bonds. The Bertz CT molecular complexity index is 826. The Morgan fingerprint density at radius 1 is 1.30 bits per heavy atom. The summed E-state index contributed by atoms with van der Waals surface area (Å²) < 4.78 is 5.28. The van der Waals surface area contributed by atoms with Crippen LogP contribution in [-0.4, -0.2) is 41.0 Å². The number of carboxylic acids is 1. The summed E-state index contributed by atoms with van der Waals surface area (Å²) in [7, 11) is 0. The van der Waals surface area contributed by atoms with Crippen LogP contribution in [0.5, 0.6) is 0 Å². The molecule has 6 heteroatoms. The summed E-state index contributed by atoms with van der Waals surface area (Å²) in [6.07, 6.45) is 3.60. The summed E-state index contributed by atoms with van der Waals surface area (Å²) in [5.41, 5.74) is 1.44. The van der Waals surface area contributed by atoms with E-state index >= 15 is 0 Å². The highest BCUT2D eigenvalue weighted by Gasteiger charge is 2.51. The van der Waals surface area contributed by atoms with Gasteiger partial charge in [-0.15, -0.1) is 0 Å². The Labute approximate surface area is 158 Å². The average molecular weight is 369 g/mol. The highest BCUT2D eigenvalue weighted by molar-refractivity contribution is 5.93. The maximum atomic E-state index is 12.8. The molecule has 142 valence electrons. The highest BCUT2D eigenvalue weighted by Crippen LogP contribution is 2.46. The minimum absolute atomic E-state index is 0.126. The van der Waals surface area contributed by atoms with Gasteiger partial charge in [0.2, 0.25) is 5.91 Å². The molecule has 6 nitrogen and oxygen atoms in total. The summed E-state index contributed by atoms with van der Waals surface area (Å²) in [6, 6.07) is 9.73. The number of carbonyl (C=O) groups is 3. The lowest BCUT2D eigenvalue weighted by molar-refractivity contribution is -0.160. The van der Waals surface area contributed by atoms with Gasteiger partial charge in [0.1, 0.15) is 5.41 Å². The molecule has 0 aromatic heterocycles. The number of carboxylic acid groups (broad SMARTS) is 1. The highest BCUT2D eigenvalue weighted by atomic mass is 16.5. The van der Waals surface area contributed by atoms with E-state index in [1.165, 1.54) is 4.90 Å². The molecule has 0 unspecified atom stereocenters. The Kier molecular flexibility index (Phi) is 5.17. The summed E-state index contributed by atoms with van der Waals surface area (Å²) >= 11 is 0. The lowest BCUT2D eigenvalue weighted by Crippen LogP contribution is -2.52. The predicted octanol–water partition coefficient (Wildman–Crippen LogP) is 2.86. The van der Waals surface area contributed by atoms with Crippen LogP contribution in [0.4, 0.5) is 0 Å². The molecule has 0 aliphatic carbocycles. The fourth-order valence-corrected chi connectivity index (χ4v) is 3.82. The number of hydrogen-bond acceptors (Lipinski definition) is 4. The van der Waals surface area contributed by atoms with Gasteiger partial charge in [-0.2, -0.15) is 0 Å². The number of fused-ring (bicyclic) bond motifs is 1. The van der Waals surface area contributed by atoms with E-state index in [1.54, 1.807) is 13.8 Å². The van der Waals surface area contributed by atoms with Crippen molar-refractivity contribution in [3.05, 3.63) is 53.7 Å². The third kappa shape index (κ3) is 3.52. The number of carbonyl (C=O) groups excluding carboxylic acids is 2. The van der Waals surface area contributed by atoms with E-state index in [-0.39, 0.29) is 25.4 Å². The summed E-state index contributed by atoms with van der Waals surface area (Å²) in [4.78, 5) is 38.4. The second kappa shape index (κ2) is 7.39. The standard InChI is InChI=1S/C21H23NO5/c1-3-27-20(26)21(2)13-16(12-18(23)24)19(25)22-10-9-15(11-17(21)22)14-7-5-4-6-8-14/h4-9,11,16H,3,10,12-13H2,1-2H3,(H,23,24)/t16-,21-/m0/s1. The zero-order chi connectivity index (χ0) is 19.6. The van der Waals surface area contributed by atoms with E-state index in [2.05, 4.69) is 0 Å². The smallest absolute Gasteiger partial charge is 0.317 e. The molecular formula is C21H23NO5. The number of hydrogen-bond donors (Lipinski definition) is 1. The molecule has 3 rings (SSSR count). The van der Waals surface area contributed by atoms with Crippen molar-refractivity contribution < 1.29 is 24.2 Å². The van der Waals surface area contributed by atoms with E-state index in [9.17, 15) is 14.4 Å². The van der Waals surface area contributed by atoms with Gasteiger partial charge in [0, 0.05) is 12.2 Å². The van der Waals surface area contributed by atoms with Crippen LogP contribution in [0.2, 0.25) is 0 Å². The minimum atomic E-state index is -1.07. The molecule has 1 N–H and O–H groups in total. The lowest BCUT2D eigenvalue weighted by Gasteiger charge is -2.45. The van der Waals surface area contributed by atoms with Gasteiger partial charge in [-0.25, -0.2) is 0 Å². The third-order valence-corrected chi connectivity index (χ3v) is 5.17. The number of allylic oxidation sites excluding steroid dienone is 2. The maximum Gasteiger partial charge on any atom is 0.317 e. The first-order valence-electron chi connectivity index (χ1n) is 9.05. The van der Waals surface area contributed by atoms with Gasteiger partial charge in [-0.05, 0) is 37.5 Å². The topological polar surface area (TPSA) is 83.9 Å². The average Bonchev–Trinajstić information content (AvgIpc) is 2.66. The molecular weight excluding hydrogens is 346 g/mol. The van der Waals surface area contributed by atoms with Gasteiger partial charge >= 0.3 is 11.9 Å². The lowest BCUT2D eigenvalue weighted by atomic mass is 9.71. The molecule has 0 bridgehead atoms. The second-order valence-electron chi connectivity index (χ2n) is 7.06. The SMILES string of the molecule is CCOC(=O)[C@@]1(C)C[C@H](CC(=O)O)C(=O)N2CC=C(c3ccccc3)C=C21. The van der Waals surface area contributed by atoms with Gasteiger partial charge in [-0.1, -0.05) is 36.4 Å². The summed E-state index contributed by atoms with van der Waals surface area (Å²) in [5.74, 6) is -2.49. The van der Waals surface area contributed by atoms with Crippen LogP contribution in [0.1, 0.15) is 32.3 Å². The Morgan fingerprint density at radius 3 is 2.63 bits per heavy atom. The van der Waals surface area contributed by atoms with E-state index < -0.39 is 23.3 Å². The van der Waals surface area contributed by atoms with Crippen LogP contribution in [0.3, 0.4) is 0 Å². The summed E-state index contributed by atoms with van der Waals surface area (Å²) in [5, 5.41) is 9.17. The van der Waals surface area contributed by atoms with Gasteiger partial charge in [0.05, 0.1) is 18.9 Å². The predicted molar refractivity (Wildman–Crippen MR) is 99.3 cm³/mol. The van der Waals surface area contributed by atoms with Crippen molar-refractivity contribution in [1.29, 1.82) is 0 Å². The van der Waals surface area contributed by atoms with Crippen LogP contribution in [0.25, 0.3) is 5.57 Å². The van der Waals surface area contributed by atoms with E-state index in [0.29, 0.717) is 12.2 Å². The van der Waals surface area contributed by atoms with Crippen molar-refractivity contribution in [3.63, 3.8) is 0 Å². The fourth-order valence-electron chi connectivity index (χ4n) is 3.82. The Balaban J connectivity index is 2.03. The molecule has 0 saturated carbocycles. The molecule has 2 atom stereocenters. The maximum absolute atomic E-state index is 12.8. The third-order valence-electron chi connectivity index (χ3n) is 5.17. The number of aliphatic carboxylic acids is 1. The minimum Gasteiger partial charge on any atom is -0.481 e. The first-order chi connectivity index (χ1) is 12.9. The van der Waals surface area contributed by atoms with Crippen molar-refractivity contribution in [3.8, 4) is 0 Å². The number of esters is 1. The molecule has 27 heavy (non-hydrogen) atoms. The first-order valence-corrected chi connectivity index (χ1v) is 9.05. The molecule has 2 heterocycles. The van der Waals surface area contributed by atoms with Crippen molar-refractivity contribution in [2.75, 3.05) is 13.2 Å². The number of piperidine rings is 1. The Hall–Kier alpha value is -2.89. The molecule has 1 aromatic carbocycles. The number of amides is 1. The molecule has 0 radical (unpaired) electrons. The monoisotopic (exact) mass is 369 g/mol. The number of ether oxygens (including phenoxy) is 1. The van der Waals surface area contributed by atoms with Crippen LogP contribution in [0.15, 0.2) is 48.2 Å². The number of rotatable bonds is 5. The fraction of sp³-hybridized carbons (Fsp3) is 0.381. The molecule has 1 fully saturated rings. The molecule has 2 aliphatic heterocycles. The van der Waals surface area contributed by atoms with Gasteiger partial charge < -0.3 is 14.7 Å². The number of benzene rings is 1. The van der Waals surface area contributed by atoms with Crippen molar-refractivity contribution in [1.82, 2.24) is 4.90 Å². The van der Waals surface area contributed by atoms with Crippen molar-refractivity contribution in [2.24, 2.45) is 11.3 Å². The van der Waals surface area contributed by atoms with Crippen LogP contribution < -0.4 is 0 Å². The molecule has 1 aromatic rings. The first kappa shape index (κ1) is 18.9. The van der Waals surface area contributed by atoms with E-state index in [0.717, 1.165) is 11.1 Å². The van der Waals surface area contributed by atoms with E-state index in [1.807, 2.05) is 42.5 Å². The molecule has 0 spiro atoms.